The zero-order valence-electron chi connectivity index (χ0n) is 12.4. The predicted octanol–water partition coefficient (Wildman–Crippen LogP) is 2.17. The number of hydrogen-bond acceptors (Lipinski definition) is 4. The van der Waals surface area contributed by atoms with Gasteiger partial charge in [-0.3, -0.25) is 4.79 Å². The fraction of sp³-hybridized carbons (Fsp3) is 0.375. The zero-order chi connectivity index (χ0) is 15.7. The van der Waals surface area contributed by atoms with Crippen LogP contribution in [0.4, 0.5) is 5.69 Å². The number of benzene rings is 1. The van der Waals surface area contributed by atoms with Crippen LogP contribution < -0.4 is 11.1 Å². The maximum Gasteiger partial charge on any atom is 0.333 e. The minimum absolute atomic E-state index is 0.0244. The van der Waals surface area contributed by atoms with Crippen molar-refractivity contribution in [1.82, 2.24) is 5.32 Å². The molecule has 0 heterocycles. The summed E-state index contributed by atoms with van der Waals surface area (Å²) in [5, 5.41) is 2.83. The average molecular weight is 290 g/mol. The van der Waals surface area contributed by atoms with Crippen molar-refractivity contribution in [3.8, 4) is 0 Å². The first-order valence-corrected chi connectivity index (χ1v) is 6.93. The Morgan fingerprint density at radius 1 is 1.33 bits per heavy atom. The molecule has 0 aromatic heterocycles. The molecule has 0 aliphatic rings. The van der Waals surface area contributed by atoms with Crippen LogP contribution >= 0.6 is 0 Å². The number of unbranched alkanes of at least 4 members (excludes halogenated alkanes) is 1. The minimum Gasteiger partial charge on any atom is -0.462 e. The third-order valence-corrected chi connectivity index (χ3v) is 2.82. The Kier molecular flexibility index (Phi) is 7.01. The minimum atomic E-state index is -0.388. The maximum atomic E-state index is 11.6. The van der Waals surface area contributed by atoms with Gasteiger partial charge in [0.2, 0.25) is 5.91 Å². The molecule has 0 aliphatic heterocycles. The van der Waals surface area contributed by atoms with Gasteiger partial charge in [0, 0.05) is 24.2 Å². The summed E-state index contributed by atoms with van der Waals surface area (Å²) in [6, 6.07) is 7.40. The van der Waals surface area contributed by atoms with Crippen molar-refractivity contribution in [3.63, 3.8) is 0 Å². The highest BCUT2D eigenvalue weighted by Gasteiger charge is 2.04. The molecule has 0 bridgehead atoms. The number of nitrogen functional groups attached to an aromatic ring is 1. The van der Waals surface area contributed by atoms with E-state index in [9.17, 15) is 9.59 Å². The molecule has 0 spiro atoms. The van der Waals surface area contributed by atoms with Gasteiger partial charge in [0.15, 0.2) is 0 Å². The average Bonchev–Trinajstić information content (AvgIpc) is 2.44. The van der Waals surface area contributed by atoms with Crippen LogP contribution in [0.2, 0.25) is 0 Å². The fourth-order valence-electron chi connectivity index (χ4n) is 1.67. The molecule has 5 nitrogen and oxygen atoms in total. The molecule has 1 aromatic carbocycles. The van der Waals surface area contributed by atoms with Gasteiger partial charge in [0.1, 0.15) is 0 Å². The van der Waals surface area contributed by atoms with Gasteiger partial charge in [-0.15, -0.1) is 0 Å². The van der Waals surface area contributed by atoms with Gasteiger partial charge >= 0.3 is 5.97 Å². The highest BCUT2D eigenvalue weighted by molar-refractivity contribution is 5.86. The Morgan fingerprint density at radius 2 is 2.10 bits per heavy atom. The van der Waals surface area contributed by atoms with Gasteiger partial charge in [-0.25, -0.2) is 4.79 Å². The van der Waals surface area contributed by atoms with Gasteiger partial charge in [0.25, 0.3) is 0 Å². The van der Waals surface area contributed by atoms with E-state index in [0.717, 1.165) is 5.56 Å². The molecular formula is C16H22N2O3. The topological polar surface area (TPSA) is 81.4 Å². The molecule has 114 valence electrons. The molecule has 1 rings (SSSR count). The van der Waals surface area contributed by atoms with E-state index < -0.39 is 0 Å². The maximum absolute atomic E-state index is 11.6. The molecule has 21 heavy (non-hydrogen) atoms. The van der Waals surface area contributed by atoms with Crippen LogP contribution in [-0.2, 0) is 20.9 Å². The molecule has 0 unspecified atom stereocenters. The van der Waals surface area contributed by atoms with Crippen LogP contribution in [0.5, 0.6) is 0 Å². The molecule has 0 saturated heterocycles. The van der Waals surface area contributed by atoms with Crippen LogP contribution in [0, 0.1) is 0 Å². The van der Waals surface area contributed by atoms with Crippen molar-refractivity contribution in [3.05, 3.63) is 42.0 Å². The summed E-state index contributed by atoms with van der Waals surface area (Å²) < 4.78 is 4.94. The second-order valence-corrected chi connectivity index (χ2v) is 4.90. The number of ether oxygens (including phenoxy) is 1. The van der Waals surface area contributed by atoms with E-state index in [1.165, 1.54) is 0 Å². The Bertz CT molecular complexity index is 512. The summed E-state index contributed by atoms with van der Waals surface area (Å²) in [5.41, 5.74) is 7.70. The summed E-state index contributed by atoms with van der Waals surface area (Å²) in [6.45, 7) is 5.88. The summed E-state index contributed by atoms with van der Waals surface area (Å²) in [5.74, 6) is -0.412. The Hall–Kier alpha value is -2.30. The van der Waals surface area contributed by atoms with Gasteiger partial charge < -0.3 is 15.8 Å². The van der Waals surface area contributed by atoms with Gasteiger partial charge in [0.05, 0.1) is 6.61 Å². The molecule has 5 heteroatoms. The lowest BCUT2D eigenvalue weighted by Crippen LogP contribution is -2.22. The first-order chi connectivity index (χ1) is 9.99. The Labute approximate surface area is 125 Å². The van der Waals surface area contributed by atoms with Crippen LogP contribution in [0.25, 0.3) is 0 Å². The number of nitrogens with one attached hydrogen (secondary N) is 1. The summed E-state index contributed by atoms with van der Waals surface area (Å²) in [6.07, 6.45) is 1.74. The third-order valence-electron chi connectivity index (χ3n) is 2.82. The lowest BCUT2D eigenvalue weighted by atomic mass is 10.2. The number of nitrogens with two attached hydrogens (primary N) is 1. The van der Waals surface area contributed by atoms with Gasteiger partial charge in [-0.05, 0) is 37.5 Å². The zero-order valence-corrected chi connectivity index (χ0v) is 12.4. The molecule has 0 aliphatic carbocycles. The molecule has 1 amide bonds. The van der Waals surface area contributed by atoms with E-state index in [1.807, 2.05) is 18.2 Å². The van der Waals surface area contributed by atoms with Crippen LogP contribution in [0.1, 0.15) is 31.7 Å². The van der Waals surface area contributed by atoms with Crippen LogP contribution in [-0.4, -0.2) is 18.5 Å². The fourth-order valence-corrected chi connectivity index (χ4v) is 1.67. The Morgan fingerprint density at radius 3 is 2.76 bits per heavy atom. The van der Waals surface area contributed by atoms with Crippen molar-refractivity contribution < 1.29 is 14.3 Å². The standard InChI is InChI=1S/C16H22N2O3/c1-12(2)16(20)21-9-4-3-8-15(19)18-11-13-6-5-7-14(17)10-13/h5-7,10H,1,3-4,8-9,11,17H2,2H3,(H,18,19). The van der Waals surface area contributed by atoms with Crippen molar-refractivity contribution in [2.75, 3.05) is 12.3 Å². The van der Waals surface area contributed by atoms with E-state index in [1.54, 1.807) is 13.0 Å². The lowest BCUT2D eigenvalue weighted by molar-refractivity contribution is -0.139. The van der Waals surface area contributed by atoms with Crippen molar-refractivity contribution in [2.45, 2.75) is 32.7 Å². The second kappa shape index (κ2) is 8.79. The van der Waals surface area contributed by atoms with E-state index in [4.69, 9.17) is 10.5 Å². The molecule has 0 saturated carbocycles. The second-order valence-electron chi connectivity index (χ2n) is 4.90. The van der Waals surface area contributed by atoms with E-state index >= 15 is 0 Å². The number of esters is 1. The SMILES string of the molecule is C=C(C)C(=O)OCCCCC(=O)NCc1cccc(N)c1. The van der Waals surface area contributed by atoms with Crippen molar-refractivity contribution in [2.24, 2.45) is 0 Å². The lowest BCUT2D eigenvalue weighted by Gasteiger charge is -2.06. The third kappa shape index (κ3) is 7.15. The normalized spacial score (nSPS) is 9.95. The molecule has 0 atom stereocenters. The smallest absolute Gasteiger partial charge is 0.333 e. The number of anilines is 1. The molecular weight excluding hydrogens is 268 g/mol. The monoisotopic (exact) mass is 290 g/mol. The van der Waals surface area contributed by atoms with E-state index in [2.05, 4.69) is 11.9 Å². The van der Waals surface area contributed by atoms with Crippen LogP contribution in [0.15, 0.2) is 36.4 Å². The highest BCUT2D eigenvalue weighted by atomic mass is 16.5. The number of hydrogen-bond donors (Lipinski definition) is 2. The number of carbonyl (C=O) groups excluding carboxylic acids is 2. The first-order valence-electron chi connectivity index (χ1n) is 6.93. The van der Waals surface area contributed by atoms with Crippen LogP contribution in [0.3, 0.4) is 0 Å². The van der Waals surface area contributed by atoms with Gasteiger partial charge in [-0.1, -0.05) is 18.7 Å². The van der Waals surface area contributed by atoms with Crippen molar-refractivity contribution in [1.29, 1.82) is 0 Å². The highest BCUT2D eigenvalue weighted by Crippen LogP contribution is 2.06. The Balaban J connectivity index is 2.12. The molecule has 3 N–H and O–H groups in total. The summed E-state index contributed by atoms with van der Waals surface area (Å²) >= 11 is 0. The molecule has 0 fully saturated rings. The van der Waals surface area contributed by atoms with Gasteiger partial charge in [-0.2, -0.15) is 0 Å². The molecule has 1 aromatic rings. The van der Waals surface area contributed by atoms with E-state index in [0.29, 0.717) is 43.7 Å². The largest absolute Gasteiger partial charge is 0.462 e. The number of rotatable bonds is 8. The molecule has 0 radical (unpaired) electrons. The number of carbonyl (C=O) groups is 2. The summed E-state index contributed by atoms with van der Waals surface area (Å²) in [4.78, 5) is 22.8. The number of amides is 1. The summed E-state index contributed by atoms with van der Waals surface area (Å²) in [7, 11) is 0. The van der Waals surface area contributed by atoms with E-state index in [-0.39, 0.29) is 11.9 Å². The van der Waals surface area contributed by atoms with Crippen molar-refractivity contribution >= 4 is 17.6 Å². The predicted molar refractivity (Wildman–Crippen MR) is 82.3 cm³/mol. The first kappa shape index (κ1) is 16.8. The quantitative estimate of drug-likeness (QED) is 0.333.